The number of hydrogen-bond acceptors (Lipinski definition) is 3. The standard InChI is InChI=1S/C26H19N3O/c1-19(23-13-7-5-12-22(23)17-27)26(18-28)24-14-8-6-9-20(24)15-16-29(26)25(30)21-10-3-2-4-11-21/h2-16,19H,1H3. The first-order chi connectivity index (χ1) is 14.6. The second kappa shape index (κ2) is 7.70. The van der Waals surface area contributed by atoms with Crippen molar-refractivity contribution in [3.05, 3.63) is 113 Å². The molecule has 30 heavy (non-hydrogen) atoms. The van der Waals surface area contributed by atoms with Crippen LogP contribution in [0.1, 0.15) is 45.5 Å². The SMILES string of the molecule is CC(c1ccccc1C#N)C1(C#N)c2ccccc2C=CN1C(=O)c1ccccc1. The molecule has 1 heterocycles. The van der Waals surface area contributed by atoms with Gasteiger partial charge in [-0.2, -0.15) is 10.5 Å². The minimum atomic E-state index is -1.30. The van der Waals surface area contributed by atoms with Gasteiger partial charge in [0.1, 0.15) is 0 Å². The molecule has 0 radical (unpaired) electrons. The molecule has 0 N–H and O–H groups in total. The summed E-state index contributed by atoms with van der Waals surface area (Å²) in [4.78, 5) is 15.1. The van der Waals surface area contributed by atoms with E-state index in [9.17, 15) is 15.3 Å². The first-order valence-electron chi connectivity index (χ1n) is 9.70. The van der Waals surface area contributed by atoms with Crippen LogP contribution in [0.3, 0.4) is 0 Å². The topological polar surface area (TPSA) is 67.9 Å². The molecule has 0 spiro atoms. The fourth-order valence-electron chi connectivity index (χ4n) is 4.19. The first kappa shape index (κ1) is 19.2. The summed E-state index contributed by atoms with van der Waals surface area (Å²) in [5.41, 5.74) is 2.07. The van der Waals surface area contributed by atoms with Gasteiger partial charge in [0.15, 0.2) is 5.54 Å². The third kappa shape index (κ3) is 2.87. The molecule has 0 fully saturated rings. The summed E-state index contributed by atoms with van der Waals surface area (Å²) in [6.45, 7) is 1.90. The molecule has 0 bridgehead atoms. The van der Waals surface area contributed by atoms with Crippen LogP contribution < -0.4 is 0 Å². The summed E-state index contributed by atoms with van der Waals surface area (Å²) < 4.78 is 0. The molecule has 0 aliphatic carbocycles. The van der Waals surface area contributed by atoms with E-state index in [0.29, 0.717) is 11.1 Å². The molecule has 1 aliphatic rings. The number of fused-ring (bicyclic) bond motifs is 1. The van der Waals surface area contributed by atoms with E-state index in [1.54, 1.807) is 42.6 Å². The Kier molecular flexibility index (Phi) is 4.92. The van der Waals surface area contributed by atoms with Gasteiger partial charge in [0, 0.05) is 23.2 Å². The first-order valence-corrected chi connectivity index (χ1v) is 9.70. The highest BCUT2D eigenvalue weighted by Crippen LogP contribution is 2.47. The highest BCUT2D eigenvalue weighted by molar-refractivity contribution is 5.97. The van der Waals surface area contributed by atoms with Crippen molar-refractivity contribution in [3.63, 3.8) is 0 Å². The number of nitriles is 2. The van der Waals surface area contributed by atoms with Crippen LogP contribution in [0.2, 0.25) is 0 Å². The maximum Gasteiger partial charge on any atom is 0.259 e. The molecular weight excluding hydrogens is 370 g/mol. The smallest absolute Gasteiger partial charge is 0.259 e. The van der Waals surface area contributed by atoms with Crippen LogP contribution in [0, 0.1) is 22.7 Å². The van der Waals surface area contributed by atoms with E-state index < -0.39 is 11.5 Å². The van der Waals surface area contributed by atoms with Gasteiger partial charge >= 0.3 is 0 Å². The fourth-order valence-corrected chi connectivity index (χ4v) is 4.19. The van der Waals surface area contributed by atoms with Gasteiger partial charge in [0.05, 0.1) is 17.7 Å². The van der Waals surface area contributed by atoms with Crippen molar-refractivity contribution >= 4 is 12.0 Å². The summed E-state index contributed by atoms with van der Waals surface area (Å²) in [6.07, 6.45) is 3.54. The Bertz CT molecular complexity index is 1220. The lowest BCUT2D eigenvalue weighted by Gasteiger charge is -2.44. The number of carbonyl (C=O) groups is 1. The molecule has 3 aromatic rings. The summed E-state index contributed by atoms with van der Waals surface area (Å²) >= 11 is 0. The molecule has 1 aliphatic heterocycles. The lowest BCUT2D eigenvalue weighted by atomic mass is 9.71. The van der Waals surface area contributed by atoms with Gasteiger partial charge in [-0.3, -0.25) is 9.69 Å². The molecule has 4 heteroatoms. The van der Waals surface area contributed by atoms with Gasteiger partial charge in [-0.15, -0.1) is 0 Å². The minimum Gasteiger partial charge on any atom is -0.291 e. The van der Waals surface area contributed by atoms with Crippen molar-refractivity contribution in [1.82, 2.24) is 4.90 Å². The average Bonchev–Trinajstić information content (AvgIpc) is 2.82. The third-order valence-electron chi connectivity index (χ3n) is 5.74. The monoisotopic (exact) mass is 389 g/mol. The van der Waals surface area contributed by atoms with Crippen LogP contribution in [0.25, 0.3) is 6.08 Å². The van der Waals surface area contributed by atoms with Gasteiger partial charge in [0.25, 0.3) is 5.91 Å². The van der Waals surface area contributed by atoms with Crippen LogP contribution in [0.5, 0.6) is 0 Å². The Morgan fingerprint density at radius 2 is 1.60 bits per heavy atom. The molecule has 0 saturated heterocycles. The molecule has 1 amide bonds. The number of amides is 1. The normalized spacial score (nSPS) is 18.0. The Morgan fingerprint density at radius 3 is 2.33 bits per heavy atom. The van der Waals surface area contributed by atoms with Crippen LogP contribution in [-0.4, -0.2) is 10.8 Å². The van der Waals surface area contributed by atoms with Crippen LogP contribution >= 0.6 is 0 Å². The third-order valence-corrected chi connectivity index (χ3v) is 5.74. The lowest BCUT2D eigenvalue weighted by molar-refractivity contribution is 0.0664. The van der Waals surface area contributed by atoms with Gasteiger partial charge < -0.3 is 0 Å². The molecule has 3 aromatic carbocycles. The number of benzene rings is 3. The lowest BCUT2D eigenvalue weighted by Crippen LogP contribution is -2.50. The summed E-state index contributed by atoms with van der Waals surface area (Å²) in [7, 11) is 0. The molecular formula is C26H19N3O. The van der Waals surface area contributed by atoms with E-state index in [-0.39, 0.29) is 5.91 Å². The van der Waals surface area contributed by atoms with Crippen LogP contribution in [-0.2, 0) is 5.54 Å². The molecule has 2 atom stereocenters. The maximum atomic E-state index is 13.5. The van der Waals surface area contributed by atoms with Crippen molar-refractivity contribution in [2.24, 2.45) is 0 Å². The average molecular weight is 389 g/mol. The summed E-state index contributed by atoms with van der Waals surface area (Å²) in [5, 5.41) is 20.2. The Labute approximate surface area is 175 Å². The van der Waals surface area contributed by atoms with E-state index in [1.807, 2.05) is 55.5 Å². The highest BCUT2D eigenvalue weighted by atomic mass is 16.2. The van der Waals surface area contributed by atoms with Crippen molar-refractivity contribution in [1.29, 1.82) is 10.5 Å². The van der Waals surface area contributed by atoms with Crippen molar-refractivity contribution in [2.75, 3.05) is 0 Å². The molecule has 144 valence electrons. The summed E-state index contributed by atoms with van der Waals surface area (Å²) in [5.74, 6) is -0.707. The maximum absolute atomic E-state index is 13.5. The molecule has 4 rings (SSSR count). The van der Waals surface area contributed by atoms with Gasteiger partial charge in [-0.1, -0.05) is 67.6 Å². The second-order valence-corrected chi connectivity index (χ2v) is 7.24. The van der Waals surface area contributed by atoms with E-state index in [2.05, 4.69) is 12.1 Å². The molecule has 2 unspecified atom stereocenters. The number of nitrogens with zero attached hydrogens (tertiary/aromatic N) is 3. The van der Waals surface area contributed by atoms with Crippen LogP contribution in [0.4, 0.5) is 0 Å². The van der Waals surface area contributed by atoms with E-state index in [1.165, 1.54) is 4.90 Å². The Morgan fingerprint density at radius 1 is 0.933 bits per heavy atom. The van der Waals surface area contributed by atoms with Gasteiger partial charge in [-0.05, 0) is 35.4 Å². The largest absolute Gasteiger partial charge is 0.291 e. The van der Waals surface area contributed by atoms with E-state index >= 15 is 0 Å². The van der Waals surface area contributed by atoms with E-state index in [4.69, 9.17) is 0 Å². The summed E-state index contributed by atoms with van der Waals surface area (Å²) in [6, 6.07) is 28.5. The molecule has 0 saturated carbocycles. The quantitative estimate of drug-likeness (QED) is 0.618. The second-order valence-electron chi connectivity index (χ2n) is 7.24. The van der Waals surface area contributed by atoms with E-state index in [0.717, 1.165) is 16.7 Å². The predicted molar refractivity (Wildman–Crippen MR) is 115 cm³/mol. The van der Waals surface area contributed by atoms with Crippen molar-refractivity contribution in [3.8, 4) is 12.1 Å². The zero-order chi connectivity index (χ0) is 21.1. The molecule has 0 aromatic heterocycles. The predicted octanol–water partition coefficient (Wildman–Crippen LogP) is 5.21. The fraction of sp³-hybridized carbons (Fsp3) is 0.115. The van der Waals surface area contributed by atoms with Gasteiger partial charge in [0.2, 0.25) is 0 Å². The zero-order valence-electron chi connectivity index (χ0n) is 16.5. The minimum absolute atomic E-state index is 0.260. The number of hydrogen-bond donors (Lipinski definition) is 0. The van der Waals surface area contributed by atoms with Crippen LogP contribution in [0.15, 0.2) is 85.1 Å². The number of rotatable bonds is 3. The van der Waals surface area contributed by atoms with Crippen molar-refractivity contribution < 1.29 is 4.79 Å². The Balaban J connectivity index is 1.96. The van der Waals surface area contributed by atoms with Gasteiger partial charge in [-0.25, -0.2) is 0 Å². The highest BCUT2D eigenvalue weighted by Gasteiger charge is 2.49. The van der Waals surface area contributed by atoms with Crippen molar-refractivity contribution in [2.45, 2.75) is 18.4 Å². The zero-order valence-corrected chi connectivity index (χ0v) is 16.5. The number of carbonyl (C=O) groups excluding carboxylic acids is 1. The Hall–Kier alpha value is -4.15. The molecule has 4 nitrogen and oxygen atoms in total.